The number of nitrogens with zero attached hydrogens (tertiary/aromatic N) is 2. The molecule has 33 heavy (non-hydrogen) atoms. The summed E-state index contributed by atoms with van der Waals surface area (Å²) in [6.07, 6.45) is 10.3. The summed E-state index contributed by atoms with van der Waals surface area (Å²) in [6, 6.07) is 7.28. The molecule has 2 atom stereocenters. The molecule has 0 aromatic heterocycles. The Morgan fingerprint density at radius 2 is 1.85 bits per heavy atom. The van der Waals surface area contributed by atoms with E-state index in [1.165, 1.54) is 30.4 Å². The van der Waals surface area contributed by atoms with Gasteiger partial charge in [-0.1, -0.05) is 66.0 Å². The van der Waals surface area contributed by atoms with E-state index < -0.39 is 0 Å². The average Bonchev–Trinajstić information content (AvgIpc) is 3.40. The van der Waals surface area contributed by atoms with Crippen LogP contribution in [0.2, 0.25) is 0 Å². The van der Waals surface area contributed by atoms with Crippen LogP contribution in [0, 0.1) is 5.41 Å². The Kier molecular flexibility index (Phi) is 9.67. The van der Waals surface area contributed by atoms with Crippen LogP contribution in [0.5, 0.6) is 5.75 Å². The molecule has 2 aliphatic rings. The molecule has 4 heteroatoms. The van der Waals surface area contributed by atoms with Crippen LogP contribution in [-0.2, 0) is 11.2 Å². The number of hydrogen-bond donors (Lipinski definition) is 0. The van der Waals surface area contributed by atoms with Crippen LogP contribution in [0.4, 0.5) is 0 Å². The summed E-state index contributed by atoms with van der Waals surface area (Å²) in [4.78, 5) is 18.1. The molecule has 186 valence electrons. The van der Waals surface area contributed by atoms with Crippen molar-refractivity contribution >= 4 is 5.91 Å². The van der Waals surface area contributed by atoms with Gasteiger partial charge in [0.1, 0.15) is 5.75 Å². The van der Waals surface area contributed by atoms with Gasteiger partial charge in [-0.25, -0.2) is 0 Å². The third kappa shape index (κ3) is 7.21. The van der Waals surface area contributed by atoms with E-state index in [0.717, 1.165) is 70.5 Å². The van der Waals surface area contributed by atoms with Gasteiger partial charge in [0.25, 0.3) is 0 Å². The molecule has 0 saturated carbocycles. The monoisotopic (exact) mass is 456 g/mol. The fourth-order valence-electron chi connectivity index (χ4n) is 5.84. The number of amides is 1. The molecule has 1 aromatic carbocycles. The summed E-state index contributed by atoms with van der Waals surface area (Å²) < 4.78 is 5.73. The van der Waals surface area contributed by atoms with Crippen molar-refractivity contribution in [3.63, 3.8) is 0 Å². The number of carbonyl (C=O) groups is 1. The van der Waals surface area contributed by atoms with E-state index in [2.05, 4.69) is 62.6 Å². The van der Waals surface area contributed by atoms with Gasteiger partial charge in [-0.05, 0) is 60.6 Å². The molecular weight excluding hydrogens is 408 g/mol. The summed E-state index contributed by atoms with van der Waals surface area (Å²) in [7, 11) is 0. The lowest BCUT2D eigenvalue weighted by Crippen LogP contribution is -2.44. The summed E-state index contributed by atoms with van der Waals surface area (Å²) in [5.74, 6) is 1.90. The molecule has 2 heterocycles. The lowest BCUT2D eigenvalue weighted by molar-refractivity contribution is -0.133. The summed E-state index contributed by atoms with van der Waals surface area (Å²) in [5, 5.41) is 0. The average molecular weight is 457 g/mol. The SMILES string of the molecule is CCCCN(CCCC)C(=O)CN1C[C@@H](c2ccc3c(c2)CCO3)C[C@@H]1CC(C)(C)CCC. The summed E-state index contributed by atoms with van der Waals surface area (Å²) in [5.41, 5.74) is 3.10. The molecule has 0 aliphatic carbocycles. The number of hydrogen-bond acceptors (Lipinski definition) is 3. The first-order valence-corrected chi connectivity index (χ1v) is 13.6. The quantitative estimate of drug-likeness (QED) is 0.343. The van der Waals surface area contributed by atoms with Gasteiger partial charge >= 0.3 is 0 Å². The topological polar surface area (TPSA) is 32.8 Å². The van der Waals surface area contributed by atoms with E-state index in [4.69, 9.17) is 4.74 Å². The number of fused-ring (bicyclic) bond motifs is 1. The van der Waals surface area contributed by atoms with E-state index in [0.29, 0.717) is 29.8 Å². The van der Waals surface area contributed by atoms with Crippen LogP contribution in [-0.4, -0.2) is 54.5 Å². The van der Waals surface area contributed by atoms with E-state index >= 15 is 0 Å². The maximum Gasteiger partial charge on any atom is 0.236 e. The third-order valence-electron chi connectivity index (χ3n) is 7.68. The molecule has 1 amide bonds. The van der Waals surface area contributed by atoms with Gasteiger partial charge in [0.2, 0.25) is 5.91 Å². The van der Waals surface area contributed by atoms with Crippen molar-refractivity contribution in [3.8, 4) is 5.75 Å². The van der Waals surface area contributed by atoms with Crippen molar-refractivity contribution in [2.75, 3.05) is 32.8 Å². The predicted octanol–water partition coefficient (Wildman–Crippen LogP) is 6.42. The van der Waals surface area contributed by atoms with E-state index in [1.54, 1.807) is 0 Å². The highest BCUT2D eigenvalue weighted by atomic mass is 16.5. The molecule has 0 spiro atoms. The maximum absolute atomic E-state index is 13.4. The number of carbonyl (C=O) groups excluding carboxylic acids is 1. The fourth-order valence-corrected chi connectivity index (χ4v) is 5.84. The number of ether oxygens (including phenoxy) is 1. The second kappa shape index (κ2) is 12.2. The zero-order valence-electron chi connectivity index (χ0n) is 22.0. The first-order valence-electron chi connectivity index (χ1n) is 13.6. The number of unbranched alkanes of at least 4 members (excludes halogenated alkanes) is 2. The molecule has 0 radical (unpaired) electrons. The van der Waals surface area contributed by atoms with Gasteiger partial charge in [0.05, 0.1) is 13.2 Å². The summed E-state index contributed by atoms with van der Waals surface area (Å²) in [6.45, 7) is 15.7. The molecule has 4 nitrogen and oxygen atoms in total. The Balaban J connectivity index is 1.74. The molecular formula is C29H48N2O2. The first-order chi connectivity index (χ1) is 15.9. The Morgan fingerprint density at radius 1 is 1.12 bits per heavy atom. The Labute approximate surface area is 203 Å². The molecule has 0 N–H and O–H groups in total. The van der Waals surface area contributed by atoms with Gasteiger partial charge in [-0.2, -0.15) is 0 Å². The second-order valence-corrected chi connectivity index (χ2v) is 11.2. The highest BCUT2D eigenvalue weighted by Gasteiger charge is 2.37. The van der Waals surface area contributed by atoms with E-state index in [1.807, 2.05) is 0 Å². The first kappa shape index (κ1) is 26.1. The van der Waals surface area contributed by atoms with Crippen molar-refractivity contribution in [3.05, 3.63) is 29.3 Å². The maximum atomic E-state index is 13.4. The lowest BCUT2D eigenvalue weighted by atomic mass is 9.80. The van der Waals surface area contributed by atoms with E-state index in [9.17, 15) is 4.79 Å². The molecule has 2 aliphatic heterocycles. The number of likely N-dealkylation sites (tertiary alicyclic amines) is 1. The zero-order valence-corrected chi connectivity index (χ0v) is 22.0. The van der Waals surface area contributed by atoms with Gasteiger partial charge in [0.15, 0.2) is 0 Å². The number of benzene rings is 1. The largest absolute Gasteiger partial charge is 0.493 e. The highest BCUT2D eigenvalue weighted by Crippen LogP contribution is 2.40. The second-order valence-electron chi connectivity index (χ2n) is 11.2. The van der Waals surface area contributed by atoms with Crippen LogP contribution in [0.15, 0.2) is 18.2 Å². The van der Waals surface area contributed by atoms with Gasteiger partial charge in [0, 0.05) is 32.1 Å². The van der Waals surface area contributed by atoms with Crippen molar-refractivity contribution in [1.82, 2.24) is 9.80 Å². The molecule has 1 fully saturated rings. The third-order valence-corrected chi connectivity index (χ3v) is 7.68. The molecule has 0 bridgehead atoms. The Bertz CT molecular complexity index is 752. The van der Waals surface area contributed by atoms with Gasteiger partial charge < -0.3 is 9.64 Å². The van der Waals surface area contributed by atoms with Crippen molar-refractivity contribution in [1.29, 1.82) is 0 Å². The van der Waals surface area contributed by atoms with Crippen LogP contribution >= 0.6 is 0 Å². The van der Waals surface area contributed by atoms with Crippen LogP contribution in [0.3, 0.4) is 0 Å². The predicted molar refractivity (Wildman–Crippen MR) is 138 cm³/mol. The standard InChI is InChI=1S/C29H48N2O2/c1-6-9-15-30(16-10-7-2)28(32)22-31-21-25(19-26(31)20-29(4,5)14-8-3)23-11-12-27-24(18-23)13-17-33-27/h11-12,18,25-26H,6-10,13-17,19-22H2,1-5H3/t25-,26+/m0/s1. The Morgan fingerprint density at radius 3 is 2.52 bits per heavy atom. The van der Waals surface area contributed by atoms with Crippen molar-refractivity contribution in [2.24, 2.45) is 5.41 Å². The lowest BCUT2D eigenvalue weighted by Gasteiger charge is -2.33. The molecule has 3 rings (SSSR count). The Hall–Kier alpha value is -1.55. The van der Waals surface area contributed by atoms with Gasteiger partial charge in [-0.3, -0.25) is 9.69 Å². The number of rotatable bonds is 13. The minimum atomic E-state index is 0.311. The minimum Gasteiger partial charge on any atom is -0.493 e. The van der Waals surface area contributed by atoms with Crippen LogP contribution < -0.4 is 4.74 Å². The van der Waals surface area contributed by atoms with Crippen LogP contribution in [0.25, 0.3) is 0 Å². The smallest absolute Gasteiger partial charge is 0.236 e. The molecule has 1 saturated heterocycles. The van der Waals surface area contributed by atoms with E-state index in [-0.39, 0.29) is 0 Å². The fraction of sp³-hybridized carbons (Fsp3) is 0.759. The van der Waals surface area contributed by atoms with Crippen molar-refractivity contribution < 1.29 is 9.53 Å². The van der Waals surface area contributed by atoms with Gasteiger partial charge in [-0.15, -0.1) is 0 Å². The van der Waals surface area contributed by atoms with Crippen molar-refractivity contribution in [2.45, 2.75) is 104 Å². The summed E-state index contributed by atoms with van der Waals surface area (Å²) >= 11 is 0. The zero-order chi connectivity index (χ0) is 23.8. The molecule has 0 unspecified atom stereocenters. The normalized spacial score (nSPS) is 20.6. The highest BCUT2D eigenvalue weighted by molar-refractivity contribution is 5.78. The molecule has 1 aromatic rings. The minimum absolute atomic E-state index is 0.311. The van der Waals surface area contributed by atoms with Crippen LogP contribution in [0.1, 0.15) is 103 Å².